The summed E-state index contributed by atoms with van der Waals surface area (Å²) in [6, 6.07) is 5.37. The van der Waals surface area contributed by atoms with Crippen LogP contribution in [-0.4, -0.2) is 4.92 Å². The minimum absolute atomic E-state index is 0.262. The number of hydrogen-bond donors (Lipinski definition) is 0. The number of benzene rings is 1. The zero-order chi connectivity index (χ0) is 13.1. The van der Waals surface area contributed by atoms with Crippen LogP contribution in [0.15, 0.2) is 34.1 Å². The Balaban J connectivity index is 2.09. The van der Waals surface area contributed by atoms with E-state index in [1.165, 1.54) is 17.4 Å². The molecular formula is C11H7BrFNO3S. The Morgan fingerprint density at radius 1 is 1.44 bits per heavy atom. The Labute approximate surface area is 114 Å². The Kier molecular flexibility index (Phi) is 3.93. The number of ether oxygens (including phenoxy) is 1. The molecule has 0 fully saturated rings. The number of nitro benzene ring substituents is 1. The second-order valence-electron chi connectivity index (χ2n) is 3.35. The van der Waals surface area contributed by atoms with Crippen molar-refractivity contribution in [2.45, 2.75) is 6.61 Å². The van der Waals surface area contributed by atoms with Crippen LogP contribution < -0.4 is 4.74 Å². The highest BCUT2D eigenvalue weighted by atomic mass is 79.9. The quantitative estimate of drug-likeness (QED) is 0.625. The molecule has 18 heavy (non-hydrogen) atoms. The predicted octanol–water partition coefficient (Wildman–Crippen LogP) is 4.14. The molecule has 0 saturated heterocycles. The molecule has 0 atom stereocenters. The van der Waals surface area contributed by atoms with Gasteiger partial charge in [-0.3, -0.25) is 10.1 Å². The van der Waals surface area contributed by atoms with E-state index in [-0.39, 0.29) is 12.4 Å². The summed E-state index contributed by atoms with van der Waals surface area (Å²) in [4.78, 5) is 10.6. The van der Waals surface area contributed by atoms with E-state index in [9.17, 15) is 14.5 Å². The lowest BCUT2D eigenvalue weighted by Gasteiger charge is -2.05. The van der Waals surface area contributed by atoms with Gasteiger partial charge in [-0.2, -0.15) is 4.39 Å². The second kappa shape index (κ2) is 5.45. The van der Waals surface area contributed by atoms with Crippen molar-refractivity contribution in [3.8, 4) is 5.75 Å². The third-order valence-electron chi connectivity index (χ3n) is 2.18. The average molecular weight is 332 g/mol. The largest absolute Gasteiger partial charge is 0.488 e. The van der Waals surface area contributed by atoms with Crippen molar-refractivity contribution in [1.82, 2.24) is 0 Å². The van der Waals surface area contributed by atoms with Crippen molar-refractivity contribution in [3.05, 3.63) is 54.9 Å². The molecule has 1 heterocycles. The molecule has 7 heteroatoms. The van der Waals surface area contributed by atoms with Gasteiger partial charge in [-0.1, -0.05) is 0 Å². The number of rotatable bonds is 4. The molecule has 2 rings (SSSR count). The molecule has 0 saturated carbocycles. The van der Waals surface area contributed by atoms with Gasteiger partial charge in [-0.05, 0) is 33.4 Å². The fraction of sp³-hybridized carbons (Fsp3) is 0.0909. The van der Waals surface area contributed by atoms with Gasteiger partial charge in [0.2, 0.25) is 5.82 Å². The highest BCUT2D eigenvalue weighted by Gasteiger charge is 2.14. The first-order chi connectivity index (χ1) is 8.58. The minimum atomic E-state index is -0.900. The van der Waals surface area contributed by atoms with Gasteiger partial charge in [-0.25, -0.2) is 0 Å². The first-order valence-electron chi connectivity index (χ1n) is 4.86. The highest BCUT2D eigenvalue weighted by Crippen LogP contribution is 2.26. The van der Waals surface area contributed by atoms with Crippen LogP contribution in [0.3, 0.4) is 0 Å². The normalized spacial score (nSPS) is 10.3. The van der Waals surface area contributed by atoms with Crippen LogP contribution in [0.5, 0.6) is 5.75 Å². The van der Waals surface area contributed by atoms with Crippen molar-refractivity contribution in [2.75, 3.05) is 0 Å². The van der Waals surface area contributed by atoms with E-state index >= 15 is 0 Å². The maximum Gasteiger partial charge on any atom is 0.305 e. The molecule has 2 aromatic rings. The van der Waals surface area contributed by atoms with Crippen molar-refractivity contribution < 1.29 is 14.1 Å². The lowest BCUT2D eigenvalue weighted by Crippen LogP contribution is -1.96. The molecule has 0 amide bonds. The molecule has 94 valence electrons. The third-order valence-corrected chi connectivity index (χ3v) is 4.08. The van der Waals surface area contributed by atoms with E-state index in [0.717, 1.165) is 21.5 Å². The maximum absolute atomic E-state index is 13.3. The molecule has 1 aromatic carbocycles. The average Bonchev–Trinajstić information content (AvgIpc) is 2.72. The molecule has 1 aromatic heterocycles. The Bertz CT molecular complexity index is 587. The second-order valence-corrected chi connectivity index (χ2v) is 5.21. The number of nitro groups is 1. The van der Waals surface area contributed by atoms with Crippen molar-refractivity contribution in [1.29, 1.82) is 0 Å². The van der Waals surface area contributed by atoms with Crippen LogP contribution in [-0.2, 0) is 6.61 Å². The number of thiophene rings is 1. The molecule has 0 spiro atoms. The Hall–Kier alpha value is -1.47. The molecule has 0 aliphatic rings. The molecule has 0 aliphatic heterocycles. The predicted molar refractivity (Wildman–Crippen MR) is 69.4 cm³/mol. The van der Waals surface area contributed by atoms with Gasteiger partial charge in [0, 0.05) is 16.6 Å². The smallest absolute Gasteiger partial charge is 0.305 e. The summed E-state index contributed by atoms with van der Waals surface area (Å²) in [7, 11) is 0. The monoisotopic (exact) mass is 331 g/mol. The van der Waals surface area contributed by atoms with Crippen LogP contribution in [0, 0.1) is 15.9 Å². The van der Waals surface area contributed by atoms with Crippen molar-refractivity contribution in [3.63, 3.8) is 0 Å². The lowest BCUT2D eigenvalue weighted by molar-refractivity contribution is -0.387. The summed E-state index contributed by atoms with van der Waals surface area (Å²) in [5.41, 5.74) is -0.556. The lowest BCUT2D eigenvalue weighted by atomic mass is 10.3. The SMILES string of the molecule is O=[N+]([O-])c1ccc(OCc2sccc2Br)cc1F. The first kappa shape index (κ1) is 13.0. The minimum Gasteiger partial charge on any atom is -0.488 e. The molecule has 0 unspecified atom stereocenters. The molecule has 0 radical (unpaired) electrons. The van der Waals surface area contributed by atoms with E-state index in [1.807, 2.05) is 11.4 Å². The van der Waals surface area contributed by atoms with E-state index in [4.69, 9.17) is 4.74 Å². The standard InChI is InChI=1S/C11H7BrFNO3S/c12-8-3-4-18-11(8)6-17-7-1-2-10(14(15)16)9(13)5-7/h1-5H,6H2. The summed E-state index contributed by atoms with van der Waals surface area (Å²) in [6.07, 6.45) is 0. The summed E-state index contributed by atoms with van der Waals surface area (Å²) in [6.45, 7) is 0.287. The highest BCUT2D eigenvalue weighted by molar-refractivity contribution is 9.10. The Morgan fingerprint density at radius 3 is 2.78 bits per heavy atom. The summed E-state index contributed by atoms with van der Waals surface area (Å²) >= 11 is 4.86. The van der Waals surface area contributed by atoms with Crippen LogP contribution in [0.1, 0.15) is 4.88 Å². The summed E-state index contributed by atoms with van der Waals surface area (Å²) < 4.78 is 19.6. The van der Waals surface area contributed by atoms with Gasteiger partial charge in [0.25, 0.3) is 0 Å². The summed E-state index contributed by atoms with van der Waals surface area (Å²) in [5, 5.41) is 12.3. The topological polar surface area (TPSA) is 52.4 Å². The molecular weight excluding hydrogens is 325 g/mol. The fourth-order valence-electron chi connectivity index (χ4n) is 1.30. The van der Waals surface area contributed by atoms with Crippen molar-refractivity contribution >= 4 is 33.0 Å². The zero-order valence-corrected chi connectivity index (χ0v) is 11.3. The van der Waals surface area contributed by atoms with E-state index in [0.29, 0.717) is 0 Å². The van der Waals surface area contributed by atoms with E-state index < -0.39 is 16.4 Å². The van der Waals surface area contributed by atoms with Gasteiger partial charge in [0.15, 0.2) is 0 Å². The van der Waals surface area contributed by atoms with Crippen LogP contribution in [0.25, 0.3) is 0 Å². The molecule has 0 bridgehead atoms. The van der Waals surface area contributed by atoms with E-state index in [2.05, 4.69) is 15.9 Å². The van der Waals surface area contributed by atoms with Gasteiger partial charge in [0.1, 0.15) is 12.4 Å². The van der Waals surface area contributed by atoms with Gasteiger partial charge in [-0.15, -0.1) is 11.3 Å². The first-order valence-corrected chi connectivity index (χ1v) is 6.54. The van der Waals surface area contributed by atoms with Crippen LogP contribution >= 0.6 is 27.3 Å². The van der Waals surface area contributed by atoms with Crippen LogP contribution in [0.2, 0.25) is 0 Å². The third kappa shape index (κ3) is 2.85. The zero-order valence-electron chi connectivity index (χ0n) is 8.93. The number of hydrogen-bond acceptors (Lipinski definition) is 4. The van der Waals surface area contributed by atoms with Crippen molar-refractivity contribution in [2.24, 2.45) is 0 Å². The molecule has 4 nitrogen and oxygen atoms in total. The number of nitrogens with zero attached hydrogens (tertiary/aromatic N) is 1. The summed E-state index contributed by atoms with van der Waals surface area (Å²) in [5.74, 6) is -0.638. The fourth-order valence-corrected chi connectivity index (χ4v) is 2.68. The maximum atomic E-state index is 13.3. The van der Waals surface area contributed by atoms with Gasteiger partial charge < -0.3 is 4.74 Å². The molecule has 0 N–H and O–H groups in total. The van der Waals surface area contributed by atoms with Crippen LogP contribution in [0.4, 0.5) is 10.1 Å². The number of halogens is 2. The van der Waals surface area contributed by atoms with Gasteiger partial charge in [0.05, 0.1) is 9.80 Å². The Morgan fingerprint density at radius 2 is 2.22 bits per heavy atom. The molecule has 0 aliphatic carbocycles. The van der Waals surface area contributed by atoms with E-state index in [1.54, 1.807) is 0 Å². The van der Waals surface area contributed by atoms with Gasteiger partial charge >= 0.3 is 5.69 Å².